The molecule has 1 heterocycles. The number of nitrogens with one attached hydrogen (secondary N) is 1. The van der Waals surface area contributed by atoms with Crippen molar-refractivity contribution >= 4 is 23.8 Å². The van der Waals surface area contributed by atoms with Crippen LogP contribution in [0.25, 0.3) is 0 Å². The highest BCUT2D eigenvalue weighted by Crippen LogP contribution is 2.53. The van der Waals surface area contributed by atoms with E-state index in [4.69, 9.17) is 0 Å². The van der Waals surface area contributed by atoms with Crippen LogP contribution in [0.3, 0.4) is 0 Å². The van der Waals surface area contributed by atoms with Crippen molar-refractivity contribution in [2.75, 3.05) is 13.1 Å². The Bertz CT molecular complexity index is 1000. The molecule has 8 heteroatoms. The van der Waals surface area contributed by atoms with Crippen LogP contribution < -0.4 is 5.32 Å². The molecule has 6 atom stereocenters. The van der Waals surface area contributed by atoms with E-state index >= 15 is 0 Å². The van der Waals surface area contributed by atoms with E-state index < -0.39 is 35.2 Å². The summed E-state index contributed by atoms with van der Waals surface area (Å²) in [4.78, 5) is 52.2. The third-order valence-electron chi connectivity index (χ3n) is 12.4. The molecule has 0 radical (unpaired) electrons. The van der Waals surface area contributed by atoms with E-state index in [0.29, 0.717) is 50.6 Å². The van der Waals surface area contributed by atoms with Crippen LogP contribution in [0.1, 0.15) is 141 Å². The number of unbranched alkanes of at least 4 members (excludes halogenated alkanes) is 3. The first-order valence-electron chi connectivity index (χ1n) is 18.3. The van der Waals surface area contributed by atoms with Gasteiger partial charge in [0.05, 0.1) is 17.8 Å². The summed E-state index contributed by atoms with van der Waals surface area (Å²) >= 11 is 0. The Morgan fingerprint density at radius 2 is 1.30 bits per heavy atom. The second-order valence-corrected chi connectivity index (χ2v) is 15.3. The van der Waals surface area contributed by atoms with Crippen LogP contribution >= 0.6 is 0 Å². The number of carboxylic acid groups (broad SMARTS) is 2. The van der Waals surface area contributed by atoms with E-state index in [1.54, 1.807) is 0 Å². The molecule has 5 rings (SSSR count). The average molecular weight is 615 g/mol. The predicted octanol–water partition coefficient (Wildman–Crippen LogP) is 6.80. The van der Waals surface area contributed by atoms with Gasteiger partial charge in [-0.3, -0.25) is 19.2 Å². The summed E-state index contributed by atoms with van der Waals surface area (Å²) in [7, 11) is 0. The molecule has 6 unspecified atom stereocenters. The first-order valence-corrected chi connectivity index (χ1v) is 18.3. The molecule has 44 heavy (non-hydrogen) atoms. The van der Waals surface area contributed by atoms with Gasteiger partial charge in [-0.05, 0) is 87.9 Å². The molecule has 8 nitrogen and oxygen atoms in total. The minimum atomic E-state index is -0.841. The second-order valence-electron chi connectivity index (χ2n) is 15.3. The standard InChI is InChI=1S/C36H58N2O6/c39-32(30-23-27(15-17-29(30)33(40)41)21-25-11-5-3-6-12-25)37-19-9-1-2-10-20-38-35(44)36(38)24-28(16-18-31(36)34(42)43)22-26-13-7-4-8-14-26/h25-31H,1-24H2,(H,37,39)(H,40,41)(H,42,43). The number of nitrogens with zero attached hydrogens (tertiary/aromatic N) is 1. The van der Waals surface area contributed by atoms with Crippen LogP contribution in [0, 0.1) is 41.4 Å². The summed E-state index contributed by atoms with van der Waals surface area (Å²) in [5.74, 6) is -0.897. The van der Waals surface area contributed by atoms with Crippen LogP contribution in [-0.4, -0.2) is 57.5 Å². The average Bonchev–Trinajstić information content (AvgIpc) is 3.56. The zero-order valence-corrected chi connectivity index (χ0v) is 27.0. The lowest BCUT2D eigenvalue weighted by molar-refractivity contribution is -0.149. The van der Waals surface area contributed by atoms with Gasteiger partial charge >= 0.3 is 11.9 Å². The number of hydrogen-bond donors (Lipinski definition) is 3. The Morgan fingerprint density at radius 3 is 1.93 bits per heavy atom. The van der Waals surface area contributed by atoms with Crippen molar-refractivity contribution in [3.8, 4) is 0 Å². The number of carboxylic acids is 2. The molecule has 5 fully saturated rings. The predicted molar refractivity (Wildman–Crippen MR) is 169 cm³/mol. The Kier molecular flexibility index (Phi) is 11.7. The molecule has 1 saturated heterocycles. The lowest BCUT2D eigenvalue weighted by Gasteiger charge is -2.35. The molecule has 5 aliphatic rings. The first kappa shape index (κ1) is 33.2. The van der Waals surface area contributed by atoms with Gasteiger partial charge in [0.25, 0.3) is 0 Å². The topological polar surface area (TPSA) is 124 Å². The Labute approximate surface area is 264 Å². The zero-order valence-electron chi connectivity index (χ0n) is 27.0. The van der Waals surface area contributed by atoms with Crippen molar-refractivity contribution in [3.05, 3.63) is 0 Å². The van der Waals surface area contributed by atoms with Crippen molar-refractivity contribution < 1.29 is 29.4 Å². The molecular formula is C36H58N2O6. The van der Waals surface area contributed by atoms with Gasteiger partial charge in [-0.15, -0.1) is 0 Å². The van der Waals surface area contributed by atoms with E-state index in [2.05, 4.69) is 5.32 Å². The molecule has 2 amide bonds. The van der Waals surface area contributed by atoms with Gasteiger partial charge in [-0.2, -0.15) is 0 Å². The zero-order chi connectivity index (χ0) is 31.1. The monoisotopic (exact) mass is 614 g/mol. The maximum atomic E-state index is 13.1. The molecule has 1 aliphatic heterocycles. The van der Waals surface area contributed by atoms with E-state index in [-0.39, 0.29) is 11.8 Å². The van der Waals surface area contributed by atoms with E-state index in [0.717, 1.165) is 63.2 Å². The van der Waals surface area contributed by atoms with Crippen LogP contribution in [0.2, 0.25) is 0 Å². The Morgan fingerprint density at radius 1 is 0.682 bits per heavy atom. The summed E-state index contributed by atoms with van der Waals surface area (Å²) in [6.07, 6.45) is 23.3. The summed E-state index contributed by atoms with van der Waals surface area (Å²) in [5.41, 5.74) is -0.771. The summed E-state index contributed by atoms with van der Waals surface area (Å²) in [6.45, 7) is 1.17. The SMILES string of the molecule is O=C(O)C1CCC(CC2CCCCC2)CC1C(=O)NCCCCCCN1C(=O)C12CC(CC1CCCCC1)CCC2C(=O)O. The number of rotatable bonds is 14. The van der Waals surface area contributed by atoms with Gasteiger partial charge in [-0.25, -0.2) is 0 Å². The van der Waals surface area contributed by atoms with Gasteiger partial charge in [-0.1, -0.05) is 77.0 Å². The normalized spacial score (nSPS) is 33.3. The van der Waals surface area contributed by atoms with Crippen LogP contribution in [0.15, 0.2) is 0 Å². The van der Waals surface area contributed by atoms with Crippen molar-refractivity contribution in [2.45, 2.75) is 147 Å². The van der Waals surface area contributed by atoms with E-state index in [9.17, 15) is 29.4 Å². The van der Waals surface area contributed by atoms with Gasteiger partial charge in [0.15, 0.2) is 0 Å². The second kappa shape index (κ2) is 15.4. The lowest BCUT2D eigenvalue weighted by atomic mass is 9.69. The fourth-order valence-corrected chi connectivity index (χ4v) is 9.95. The number of carbonyl (C=O) groups excluding carboxylic acids is 2. The van der Waals surface area contributed by atoms with Gasteiger partial charge in [0.1, 0.15) is 5.54 Å². The van der Waals surface area contributed by atoms with Crippen molar-refractivity contribution in [1.82, 2.24) is 10.2 Å². The van der Waals surface area contributed by atoms with Crippen LogP contribution in [-0.2, 0) is 19.2 Å². The number of hydrogen-bond acceptors (Lipinski definition) is 4. The third kappa shape index (κ3) is 7.99. The smallest absolute Gasteiger partial charge is 0.309 e. The molecule has 0 aromatic carbocycles. The highest BCUT2D eigenvalue weighted by molar-refractivity contribution is 6.06. The van der Waals surface area contributed by atoms with Gasteiger partial charge in [0, 0.05) is 13.1 Å². The summed E-state index contributed by atoms with van der Waals surface area (Å²) in [6, 6.07) is 0. The molecule has 4 aliphatic carbocycles. The van der Waals surface area contributed by atoms with Gasteiger partial charge in [0.2, 0.25) is 11.8 Å². The van der Waals surface area contributed by atoms with Crippen molar-refractivity contribution in [3.63, 3.8) is 0 Å². The molecule has 0 aromatic rings. The number of aliphatic carboxylic acids is 2. The van der Waals surface area contributed by atoms with E-state index in [1.807, 2.05) is 4.90 Å². The molecule has 4 saturated carbocycles. The Balaban J connectivity index is 1.01. The minimum absolute atomic E-state index is 0.0489. The fourth-order valence-electron chi connectivity index (χ4n) is 9.95. The largest absolute Gasteiger partial charge is 0.481 e. The maximum absolute atomic E-state index is 13.1. The quantitative estimate of drug-likeness (QED) is 0.146. The van der Waals surface area contributed by atoms with E-state index in [1.165, 1.54) is 64.2 Å². The molecule has 1 spiro atoms. The lowest BCUT2D eigenvalue weighted by Crippen LogP contribution is -2.42. The molecule has 0 aromatic heterocycles. The molecule has 3 N–H and O–H groups in total. The van der Waals surface area contributed by atoms with Crippen molar-refractivity contribution in [1.29, 1.82) is 0 Å². The highest BCUT2D eigenvalue weighted by atomic mass is 16.4. The number of amides is 2. The van der Waals surface area contributed by atoms with Crippen LogP contribution in [0.4, 0.5) is 0 Å². The number of carbonyl (C=O) groups is 4. The molecular weight excluding hydrogens is 556 g/mol. The summed E-state index contributed by atoms with van der Waals surface area (Å²) < 4.78 is 0. The third-order valence-corrected chi connectivity index (χ3v) is 12.4. The fraction of sp³-hybridized carbons (Fsp3) is 0.889. The molecule has 248 valence electrons. The first-order chi connectivity index (χ1) is 21.3. The molecule has 0 bridgehead atoms. The Hall–Kier alpha value is -2.12. The highest BCUT2D eigenvalue weighted by Gasteiger charge is 2.69. The van der Waals surface area contributed by atoms with Gasteiger partial charge < -0.3 is 20.4 Å². The maximum Gasteiger partial charge on any atom is 0.309 e. The minimum Gasteiger partial charge on any atom is -0.481 e. The van der Waals surface area contributed by atoms with Crippen LogP contribution in [0.5, 0.6) is 0 Å². The van der Waals surface area contributed by atoms with Crippen molar-refractivity contribution in [2.24, 2.45) is 41.4 Å². The summed E-state index contributed by atoms with van der Waals surface area (Å²) in [5, 5.41) is 22.8.